The molecule has 0 radical (unpaired) electrons. The maximum Gasteiger partial charge on any atom is 0.125 e. The molecule has 5 nitrogen and oxygen atoms in total. The van der Waals surface area contributed by atoms with Crippen LogP contribution in [0.1, 0.15) is 43.9 Å². The molecular formula is C22H29N5. The third-order valence-corrected chi connectivity index (χ3v) is 4.46. The van der Waals surface area contributed by atoms with E-state index in [1.54, 1.807) is 0 Å². The van der Waals surface area contributed by atoms with Crippen LogP contribution in [0.2, 0.25) is 0 Å². The highest BCUT2D eigenvalue weighted by molar-refractivity contribution is 5.34. The summed E-state index contributed by atoms with van der Waals surface area (Å²) < 4.78 is 1.99. The molecule has 0 unspecified atom stereocenters. The Bertz CT molecular complexity index is 796. The van der Waals surface area contributed by atoms with Crippen molar-refractivity contribution >= 4 is 5.82 Å². The van der Waals surface area contributed by atoms with E-state index in [9.17, 15) is 0 Å². The summed E-state index contributed by atoms with van der Waals surface area (Å²) in [5, 5.41) is 11.7. The molecule has 3 aromatic rings. The number of aromatic nitrogens is 3. The number of benzene rings is 1. The Balaban J connectivity index is 1.44. The smallest absolute Gasteiger partial charge is 0.125 e. The number of anilines is 1. The normalized spacial score (nSPS) is 11.1. The first-order valence-electron chi connectivity index (χ1n) is 9.73. The van der Waals surface area contributed by atoms with Crippen molar-refractivity contribution in [2.24, 2.45) is 0 Å². The predicted molar refractivity (Wildman–Crippen MR) is 111 cm³/mol. The van der Waals surface area contributed by atoms with Crippen LogP contribution in [0.15, 0.2) is 60.9 Å². The van der Waals surface area contributed by atoms with E-state index in [4.69, 9.17) is 5.10 Å². The Morgan fingerprint density at radius 1 is 0.963 bits per heavy atom. The highest BCUT2D eigenvalue weighted by Crippen LogP contribution is 2.19. The zero-order chi connectivity index (χ0) is 18.9. The molecule has 1 aromatic carbocycles. The Kier molecular flexibility index (Phi) is 6.99. The zero-order valence-electron chi connectivity index (χ0n) is 16.2. The molecule has 3 rings (SSSR count). The Morgan fingerprint density at radius 3 is 2.48 bits per heavy atom. The zero-order valence-corrected chi connectivity index (χ0v) is 16.2. The second-order valence-electron chi connectivity index (χ2n) is 7.00. The van der Waals surface area contributed by atoms with Gasteiger partial charge in [0.15, 0.2) is 0 Å². The molecule has 0 spiro atoms. The van der Waals surface area contributed by atoms with Gasteiger partial charge in [0.05, 0.1) is 11.4 Å². The van der Waals surface area contributed by atoms with Crippen molar-refractivity contribution < 1.29 is 0 Å². The average molecular weight is 364 g/mol. The Hall–Kier alpha value is -2.66. The van der Waals surface area contributed by atoms with Crippen LogP contribution in [0.5, 0.6) is 0 Å². The first-order chi connectivity index (χ1) is 13.2. The number of unbranched alkanes of at least 4 members (excludes halogenated alkanes) is 1. The number of nitrogens with one attached hydrogen (secondary N) is 2. The topological polar surface area (TPSA) is 54.8 Å². The molecule has 142 valence electrons. The van der Waals surface area contributed by atoms with Crippen molar-refractivity contribution in [3.05, 3.63) is 72.2 Å². The van der Waals surface area contributed by atoms with Gasteiger partial charge in [-0.15, -0.1) is 0 Å². The monoisotopic (exact) mass is 363 g/mol. The van der Waals surface area contributed by atoms with Gasteiger partial charge in [-0.05, 0) is 49.6 Å². The second kappa shape index (κ2) is 9.88. The summed E-state index contributed by atoms with van der Waals surface area (Å²) in [7, 11) is 0. The molecule has 0 amide bonds. The molecular weight excluding hydrogens is 334 g/mol. The first kappa shape index (κ1) is 19.1. The first-order valence-corrected chi connectivity index (χ1v) is 9.73. The molecule has 0 aliphatic heterocycles. The minimum absolute atomic E-state index is 0.411. The Morgan fingerprint density at radius 2 is 1.74 bits per heavy atom. The molecule has 0 fully saturated rings. The predicted octanol–water partition coefficient (Wildman–Crippen LogP) is 4.37. The van der Waals surface area contributed by atoms with Gasteiger partial charge in [0.25, 0.3) is 0 Å². The van der Waals surface area contributed by atoms with E-state index < -0.39 is 0 Å². The van der Waals surface area contributed by atoms with Crippen LogP contribution in [0.3, 0.4) is 0 Å². The SMILES string of the molecule is CC(C)c1nn(-c2ccccc2)cc1CNCCCCNc1ccccn1. The van der Waals surface area contributed by atoms with Crippen molar-refractivity contribution in [2.75, 3.05) is 18.4 Å². The molecule has 0 atom stereocenters. The molecule has 0 aliphatic rings. The molecule has 5 heteroatoms. The summed E-state index contributed by atoms with van der Waals surface area (Å²) in [6, 6.07) is 16.2. The summed E-state index contributed by atoms with van der Waals surface area (Å²) in [6.07, 6.45) is 6.21. The number of nitrogens with zero attached hydrogens (tertiary/aromatic N) is 3. The summed E-state index contributed by atoms with van der Waals surface area (Å²) in [4.78, 5) is 4.27. The molecule has 2 heterocycles. The summed E-state index contributed by atoms with van der Waals surface area (Å²) in [5.74, 6) is 1.36. The van der Waals surface area contributed by atoms with Crippen LogP contribution in [-0.4, -0.2) is 27.9 Å². The number of para-hydroxylation sites is 1. The molecule has 0 saturated carbocycles. The fourth-order valence-corrected chi connectivity index (χ4v) is 3.04. The van der Waals surface area contributed by atoms with Crippen LogP contribution in [0.25, 0.3) is 5.69 Å². The summed E-state index contributed by atoms with van der Waals surface area (Å²) >= 11 is 0. The number of pyridine rings is 1. The van der Waals surface area contributed by atoms with Crippen molar-refractivity contribution in [1.82, 2.24) is 20.1 Å². The van der Waals surface area contributed by atoms with E-state index in [-0.39, 0.29) is 0 Å². The van der Waals surface area contributed by atoms with Gasteiger partial charge in [0.1, 0.15) is 5.82 Å². The van der Waals surface area contributed by atoms with Gasteiger partial charge in [-0.1, -0.05) is 38.1 Å². The minimum Gasteiger partial charge on any atom is -0.370 e. The standard InChI is InChI=1S/C22H29N5/c1-18(2)22-19(17-27(26-22)20-10-4-3-5-11-20)16-23-13-8-9-15-25-21-12-6-7-14-24-21/h3-7,10-12,14,17-18,23H,8-9,13,15-16H2,1-2H3,(H,24,25). The summed E-state index contributed by atoms with van der Waals surface area (Å²) in [6.45, 7) is 7.20. The van der Waals surface area contributed by atoms with Crippen molar-refractivity contribution in [1.29, 1.82) is 0 Å². The van der Waals surface area contributed by atoms with Gasteiger partial charge in [-0.2, -0.15) is 5.10 Å². The van der Waals surface area contributed by atoms with Gasteiger partial charge in [-0.3, -0.25) is 0 Å². The molecule has 2 aromatic heterocycles. The largest absolute Gasteiger partial charge is 0.370 e. The van der Waals surface area contributed by atoms with Crippen molar-refractivity contribution in [2.45, 2.75) is 39.2 Å². The number of hydrogen-bond acceptors (Lipinski definition) is 4. The van der Waals surface area contributed by atoms with E-state index in [1.807, 2.05) is 47.3 Å². The van der Waals surface area contributed by atoms with E-state index in [1.165, 1.54) is 11.3 Å². The lowest BCUT2D eigenvalue weighted by Crippen LogP contribution is -2.16. The van der Waals surface area contributed by atoms with Crippen LogP contribution in [-0.2, 0) is 6.54 Å². The number of rotatable bonds is 10. The lowest BCUT2D eigenvalue weighted by atomic mass is 10.1. The maximum absolute atomic E-state index is 4.80. The van der Waals surface area contributed by atoms with Crippen LogP contribution < -0.4 is 10.6 Å². The molecule has 27 heavy (non-hydrogen) atoms. The molecule has 2 N–H and O–H groups in total. The fraction of sp³-hybridized carbons (Fsp3) is 0.364. The van der Waals surface area contributed by atoms with Crippen LogP contribution in [0.4, 0.5) is 5.82 Å². The minimum atomic E-state index is 0.411. The Labute approximate surface area is 161 Å². The maximum atomic E-state index is 4.80. The van der Waals surface area contributed by atoms with Crippen LogP contribution in [0, 0.1) is 0 Å². The van der Waals surface area contributed by atoms with Gasteiger partial charge in [0.2, 0.25) is 0 Å². The van der Waals surface area contributed by atoms with E-state index in [0.29, 0.717) is 5.92 Å². The van der Waals surface area contributed by atoms with Gasteiger partial charge in [0, 0.05) is 31.0 Å². The van der Waals surface area contributed by atoms with Crippen LogP contribution >= 0.6 is 0 Å². The highest BCUT2D eigenvalue weighted by atomic mass is 15.3. The molecule has 0 aliphatic carbocycles. The number of hydrogen-bond donors (Lipinski definition) is 2. The van der Waals surface area contributed by atoms with Gasteiger partial charge in [-0.25, -0.2) is 9.67 Å². The van der Waals surface area contributed by atoms with Gasteiger partial charge < -0.3 is 10.6 Å². The fourth-order valence-electron chi connectivity index (χ4n) is 3.04. The summed E-state index contributed by atoms with van der Waals surface area (Å²) in [5.41, 5.74) is 3.55. The molecule has 0 saturated heterocycles. The van der Waals surface area contributed by atoms with E-state index in [2.05, 4.69) is 47.8 Å². The second-order valence-corrected chi connectivity index (χ2v) is 7.00. The van der Waals surface area contributed by atoms with E-state index >= 15 is 0 Å². The highest BCUT2D eigenvalue weighted by Gasteiger charge is 2.12. The third-order valence-electron chi connectivity index (χ3n) is 4.46. The average Bonchev–Trinajstić information content (AvgIpc) is 3.13. The van der Waals surface area contributed by atoms with Gasteiger partial charge >= 0.3 is 0 Å². The third kappa shape index (κ3) is 5.66. The quantitative estimate of drug-likeness (QED) is 0.525. The van der Waals surface area contributed by atoms with Crippen molar-refractivity contribution in [3.8, 4) is 5.69 Å². The lowest BCUT2D eigenvalue weighted by Gasteiger charge is -2.08. The lowest BCUT2D eigenvalue weighted by molar-refractivity contribution is 0.627. The van der Waals surface area contributed by atoms with E-state index in [0.717, 1.165) is 44.0 Å². The van der Waals surface area contributed by atoms with Crippen molar-refractivity contribution in [3.63, 3.8) is 0 Å². The molecule has 0 bridgehead atoms.